The predicted molar refractivity (Wildman–Crippen MR) is 102 cm³/mol. The minimum atomic E-state index is -4.48. The van der Waals surface area contributed by atoms with E-state index in [1.807, 2.05) is 0 Å². The Morgan fingerprint density at radius 2 is 1.83 bits per heavy atom. The van der Waals surface area contributed by atoms with Gasteiger partial charge in [-0.2, -0.15) is 28.1 Å². The molecular formula is C20H17F3N4O3. The summed E-state index contributed by atoms with van der Waals surface area (Å²) in [5.41, 5.74) is 0.111. The van der Waals surface area contributed by atoms with Gasteiger partial charge in [0.25, 0.3) is 0 Å². The number of rotatable bonds is 6. The Labute approximate surface area is 169 Å². The van der Waals surface area contributed by atoms with E-state index in [-0.39, 0.29) is 30.1 Å². The highest BCUT2D eigenvalue weighted by molar-refractivity contribution is 5.90. The van der Waals surface area contributed by atoms with Gasteiger partial charge in [0.05, 0.1) is 24.8 Å². The number of benzene rings is 2. The van der Waals surface area contributed by atoms with Gasteiger partial charge in [-0.1, -0.05) is 18.2 Å². The maximum Gasteiger partial charge on any atom is 0.416 e. The predicted octanol–water partition coefficient (Wildman–Crippen LogP) is 4.49. The van der Waals surface area contributed by atoms with Crippen LogP contribution in [-0.2, 0) is 10.9 Å². The highest BCUT2D eigenvalue weighted by Gasteiger charge is 2.30. The fraction of sp³-hybridized carbons (Fsp3) is 0.200. The molecule has 0 bridgehead atoms. The first-order valence-electron chi connectivity index (χ1n) is 8.82. The van der Waals surface area contributed by atoms with Crippen molar-refractivity contribution >= 4 is 17.6 Å². The summed E-state index contributed by atoms with van der Waals surface area (Å²) < 4.78 is 48.9. The van der Waals surface area contributed by atoms with Crippen LogP contribution in [0.1, 0.15) is 22.8 Å². The number of aromatic nitrogens is 3. The lowest BCUT2D eigenvalue weighted by atomic mass is 10.1. The van der Waals surface area contributed by atoms with E-state index in [4.69, 9.17) is 9.47 Å². The van der Waals surface area contributed by atoms with Crippen LogP contribution in [-0.4, -0.2) is 34.6 Å². The van der Waals surface area contributed by atoms with Gasteiger partial charge in [-0.05, 0) is 37.3 Å². The highest BCUT2D eigenvalue weighted by atomic mass is 19.4. The molecule has 0 aliphatic rings. The molecule has 0 saturated heterocycles. The summed E-state index contributed by atoms with van der Waals surface area (Å²) in [7, 11) is 1.27. The number of anilines is 2. The summed E-state index contributed by atoms with van der Waals surface area (Å²) in [4.78, 5) is 24.3. The molecule has 0 aliphatic heterocycles. The zero-order valence-corrected chi connectivity index (χ0v) is 16.0. The fourth-order valence-electron chi connectivity index (χ4n) is 2.54. The van der Waals surface area contributed by atoms with Gasteiger partial charge in [-0.25, -0.2) is 4.79 Å². The molecule has 0 amide bonds. The number of methoxy groups -OCH3 is 1. The number of esters is 1. The highest BCUT2D eigenvalue weighted by Crippen LogP contribution is 2.31. The molecule has 1 heterocycles. The Morgan fingerprint density at radius 1 is 1.07 bits per heavy atom. The summed E-state index contributed by atoms with van der Waals surface area (Å²) in [6.07, 6.45) is -4.48. The SMILES string of the molecule is CCOc1nc(Nc2cccc(C(F)(F)F)c2)nc(-c2cccc(C(=O)OC)c2)n1. The Morgan fingerprint density at radius 3 is 2.53 bits per heavy atom. The molecule has 0 atom stereocenters. The first kappa shape index (κ1) is 21.0. The molecule has 0 unspecified atom stereocenters. The third kappa shape index (κ3) is 5.02. The number of nitrogens with zero attached hydrogens (tertiary/aromatic N) is 3. The van der Waals surface area contributed by atoms with Gasteiger partial charge in [0.15, 0.2) is 5.82 Å². The first-order chi connectivity index (χ1) is 14.3. The lowest BCUT2D eigenvalue weighted by Crippen LogP contribution is -2.08. The molecule has 1 aromatic heterocycles. The minimum Gasteiger partial charge on any atom is -0.465 e. The second kappa shape index (κ2) is 8.76. The number of carbonyl (C=O) groups is 1. The Hall–Kier alpha value is -3.69. The van der Waals surface area contributed by atoms with Crippen LogP contribution in [0.25, 0.3) is 11.4 Å². The van der Waals surface area contributed by atoms with Crippen molar-refractivity contribution in [1.82, 2.24) is 15.0 Å². The lowest BCUT2D eigenvalue weighted by Gasteiger charge is -2.11. The van der Waals surface area contributed by atoms with Crippen LogP contribution >= 0.6 is 0 Å². The molecule has 10 heteroatoms. The van der Waals surface area contributed by atoms with Crippen LogP contribution in [0.3, 0.4) is 0 Å². The maximum absolute atomic E-state index is 13.0. The van der Waals surface area contributed by atoms with Gasteiger partial charge in [0.2, 0.25) is 5.95 Å². The molecule has 0 spiro atoms. The number of carbonyl (C=O) groups excluding carboxylic acids is 1. The standard InChI is InChI=1S/C20H17F3N4O3/c1-3-30-19-26-16(12-6-4-7-13(10-12)17(28)29-2)25-18(27-19)24-15-9-5-8-14(11-15)20(21,22)23/h4-11H,3H2,1-2H3,(H,24,25,26,27). The Bertz CT molecular complexity index is 1060. The van der Waals surface area contributed by atoms with Gasteiger partial charge < -0.3 is 14.8 Å². The van der Waals surface area contributed by atoms with Crippen molar-refractivity contribution in [3.63, 3.8) is 0 Å². The van der Waals surface area contributed by atoms with Gasteiger partial charge in [0, 0.05) is 11.3 Å². The quantitative estimate of drug-likeness (QED) is 0.591. The Kier molecular flexibility index (Phi) is 6.14. The van der Waals surface area contributed by atoms with E-state index in [0.717, 1.165) is 12.1 Å². The summed E-state index contributed by atoms with van der Waals surface area (Å²) in [6, 6.07) is 11.0. The van der Waals surface area contributed by atoms with Crippen LogP contribution in [0.4, 0.5) is 24.8 Å². The van der Waals surface area contributed by atoms with E-state index < -0.39 is 17.7 Å². The Balaban J connectivity index is 1.99. The molecule has 3 rings (SSSR count). The average molecular weight is 418 g/mol. The number of ether oxygens (including phenoxy) is 2. The molecule has 7 nitrogen and oxygen atoms in total. The van der Waals surface area contributed by atoms with Crippen molar-refractivity contribution < 1.29 is 27.4 Å². The smallest absolute Gasteiger partial charge is 0.416 e. The van der Waals surface area contributed by atoms with Gasteiger partial charge in [-0.15, -0.1) is 0 Å². The van der Waals surface area contributed by atoms with E-state index in [2.05, 4.69) is 20.3 Å². The van der Waals surface area contributed by atoms with E-state index in [0.29, 0.717) is 11.1 Å². The van der Waals surface area contributed by atoms with Crippen LogP contribution in [0.2, 0.25) is 0 Å². The van der Waals surface area contributed by atoms with Crippen molar-refractivity contribution in [2.24, 2.45) is 0 Å². The van der Waals surface area contributed by atoms with Crippen molar-refractivity contribution in [2.45, 2.75) is 13.1 Å². The molecule has 30 heavy (non-hydrogen) atoms. The maximum atomic E-state index is 13.0. The second-order valence-corrected chi connectivity index (χ2v) is 5.97. The third-order valence-corrected chi connectivity index (χ3v) is 3.88. The van der Waals surface area contributed by atoms with Gasteiger partial charge in [0.1, 0.15) is 0 Å². The molecule has 0 saturated carbocycles. The van der Waals surface area contributed by atoms with E-state index in [9.17, 15) is 18.0 Å². The largest absolute Gasteiger partial charge is 0.465 e. The monoisotopic (exact) mass is 418 g/mol. The molecule has 0 radical (unpaired) electrons. The topological polar surface area (TPSA) is 86.2 Å². The zero-order valence-electron chi connectivity index (χ0n) is 16.0. The number of hydrogen-bond donors (Lipinski definition) is 1. The molecule has 156 valence electrons. The van der Waals surface area contributed by atoms with Crippen molar-refractivity contribution in [2.75, 3.05) is 19.0 Å². The van der Waals surface area contributed by atoms with Crippen molar-refractivity contribution in [1.29, 1.82) is 0 Å². The first-order valence-corrected chi connectivity index (χ1v) is 8.82. The number of nitrogens with one attached hydrogen (secondary N) is 1. The summed E-state index contributed by atoms with van der Waals surface area (Å²) in [5.74, 6) is -0.363. The average Bonchev–Trinajstić information content (AvgIpc) is 2.73. The second-order valence-electron chi connectivity index (χ2n) is 5.97. The van der Waals surface area contributed by atoms with E-state index in [1.165, 1.54) is 25.3 Å². The molecule has 1 N–H and O–H groups in total. The number of halogens is 3. The number of alkyl halides is 3. The van der Waals surface area contributed by atoms with Crippen molar-refractivity contribution in [3.05, 3.63) is 59.7 Å². The number of hydrogen-bond acceptors (Lipinski definition) is 7. The normalized spacial score (nSPS) is 11.1. The van der Waals surface area contributed by atoms with Crippen LogP contribution in [0, 0.1) is 0 Å². The van der Waals surface area contributed by atoms with E-state index in [1.54, 1.807) is 25.1 Å². The lowest BCUT2D eigenvalue weighted by molar-refractivity contribution is -0.137. The van der Waals surface area contributed by atoms with Crippen LogP contribution < -0.4 is 10.1 Å². The van der Waals surface area contributed by atoms with Gasteiger partial charge in [-0.3, -0.25) is 0 Å². The minimum absolute atomic E-state index is 0.00811. The van der Waals surface area contributed by atoms with E-state index >= 15 is 0 Å². The summed E-state index contributed by atoms with van der Waals surface area (Å²) in [5, 5.41) is 2.74. The summed E-state index contributed by atoms with van der Waals surface area (Å²) in [6.45, 7) is 2.01. The van der Waals surface area contributed by atoms with Crippen LogP contribution in [0.15, 0.2) is 48.5 Å². The molecule has 3 aromatic rings. The molecule has 0 aliphatic carbocycles. The third-order valence-electron chi connectivity index (χ3n) is 3.88. The van der Waals surface area contributed by atoms with Crippen LogP contribution in [0.5, 0.6) is 6.01 Å². The molecule has 2 aromatic carbocycles. The fourth-order valence-corrected chi connectivity index (χ4v) is 2.54. The molecular weight excluding hydrogens is 401 g/mol. The van der Waals surface area contributed by atoms with Gasteiger partial charge >= 0.3 is 18.2 Å². The molecule has 0 fully saturated rings. The zero-order chi connectivity index (χ0) is 21.7. The summed E-state index contributed by atoms with van der Waals surface area (Å²) >= 11 is 0. The van der Waals surface area contributed by atoms with Crippen molar-refractivity contribution in [3.8, 4) is 17.4 Å².